The Morgan fingerprint density at radius 2 is 1.71 bits per heavy atom. The second-order valence-corrected chi connectivity index (χ2v) is 7.46. The average Bonchev–Trinajstić information content (AvgIpc) is 2.79. The quantitative estimate of drug-likeness (QED) is 0.519. The SMILES string of the molecule is CCCCNC(=O)[C@@H](CC)N(Cc1ccccc1C)C(=O)COc1ccccc1OC. The van der Waals surface area contributed by atoms with Gasteiger partial charge in [-0.15, -0.1) is 0 Å². The molecule has 168 valence electrons. The number of nitrogens with one attached hydrogen (secondary N) is 1. The second-order valence-electron chi connectivity index (χ2n) is 7.46. The summed E-state index contributed by atoms with van der Waals surface area (Å²) < 4.78 is 11.1. The van der Waals surface area contributed by atoms with Crippen molar-refractivity contribution in [3.05, 3.63) is 59.7 Å². The molecule has 2 aromatic rings. The molecule has 6 heteroatoms. The van der Waals surface area contributed by atoms with E-state index in [-0.39, 0.29) is 18.4 Å². The molecule has 2 rings (SSSR count). The van der Waals surface area contributed by atoms with Gasteiger partial charge in [-0.25, -0.2) is 0 Å². The van der Waals surface area contributed by atoms with E-state index in [0.29, 0.717) is 31.0 Å². The van der Waals surface area contributed by atoms with Crippen molar-refractivity contribution in [2.75, 3.05) is 20.3 Å². The van der Waals surface area contributed by atoms with Gasteiger partial charge < -0.3 is 19.7 Å². The zero-order chi connectivity index (χ0) is 22.6. The summed E-state index contributed by atoms with van der Waals surface area (Å²) in [7, 11) is 1.56. The second kappa shape index (κ2) is 12.6. The lowest BCUT2D eigenvalue weighted by Gasteiger charge is -2.31. The van der Waals surface area contributed by atoms with Crippen LogP contribution < -0.4 is 14.8 Å². The topological polar surface area (TPSA) is 67.9 Å². The number of nitrogens with zero attached hydrogens (tertiary/aromatic N) is 1. The van der Waals surface area contributed by atoms with E-state index in [1.54, 1.807) is 24.1 Å². The van der Waals surface area contributed by atoms with Crippen molar-refractivity contribution in [3.8, 4) is 11.5 Å². The van der Waals surface area contributed by atoms with Crippen molar-refractivity contribution in [2.45, 2.75) is 52.6 Å². The Morgan fingerprint density at radius 1 is 1.03 bits per heavy atom. The van der Waals surface area contributed by atoms with Crippen molar-refractivity contribution in [1.82, 2.24) is 10.2 Å². The standard InChI is InChI=1S/C25H34N2O4/c1-5-7-16-26-25(29)21(6-2)27(17-20-13-9-8-12-19(20)3)24(28)18-31-23-15-11-10-14-22(23)30-4/h8-15,21H,5-7,16-18H2,1-4H3,(H,26,29)/t21-/m1/s1. The predicted molar refractivity (Wildman–Crippen MR) is 122 cm³/mol. The molecule has 0 aromatic heterocycles. The zero-order valence-electron chi connectivity index (χ0n) is 19.0. The average molecular weight is 427 g/mol. The fourth-order valence-corrected chi connectivity index (χ4v) is 3.36. The minimum atomic E-state index is -0.565. The summed E-state index contributed by atoms with van der Waals surface area (Å²) in [5.74, 6) is 0.682. The van der Waals surface area contributed by atoms with E-state index < -0.39 is 6.04 Å². The molecule has 0 saturated carbocycles. The lowest BCUT2D eigenvalue weighted by atomic mass is 10.1. The number of carbonyl (C=O) groups excluding carboxylic acids is 2. The van der Waals surface area contributed by atoms with E-state index in [2.05, 4.69) is 12.2 Å². The molecule has 6 nitrogen and oxygen atoms in total. The van der Waals surface area contributed by atoms with E-state index in [9.17, 15) is 9.59 Å². The Hall–Kier alpha value is -3.02. The monoisotopic (exact) mass is 426 g/mol. The van der Waals surface area contributed by atoms with Crippen molar-refractivity contribution in [3.63, 3.8) is 0 Å². The normalized spacial score (nSPS) is 11.5. The van der Waals surface area contributed by atoms with Gasteiger partial charge in [0.2, 0.25) is 5.91 Å². The minimum absolute atomic E-state index is 0.129. The van der Waals surface area contributed by atoms with Gasteiger partial charge in [-0.2, -0.15) is 0 Å². The highest BCUT2D eigenvalue weighted by molar-refractivity contribution is 5.88. The highest BCUT2D eigenvalue weighted by atomic mass is 16.5. The van der Waals surface area contributed by atoms with Crippen molar-refractivity contribution >= 4 is 11.8 Å². The third-order valence-corrected chi connectivity index (χ3v) is 5.24. The van der Waals surface area contributed by atoms with E-state index in [1.807, 2.05) is 50.2 Å². The summed E-state index contributed by atoms with van der Waals surface area (Å²) >= 11 is 0. The summed E-state index contributed by atoms with van der Waals surface area (Å²) in [6.45, 7) is 6.78. The zero-order valence-corrected chi connectivity index (χ0v) is 19.0. The van der Waals surface area contributed by atoms with Crippen LogP contribution in [0.15, 0.2) is 48.5 Å². The van der Waals surface area contributed by atoms with Gasteiger partial charge >= 0.3 is 0 Å². The van der Waals surface area contributed by atoms with Crippen LogP contribution in [0.25, 0.3) is 0 Å². The van der Waals surface area contributed by atoms with Gasteiger partial charge in [0.15, 0.2) is 18.1 Å². The Kier molecular flexibility index (Phi) is 9.88. The number of hydrogen-bond acceptors (Lipinski definition) is 4. The molecule has 0 aliphatic heterocycles. The Balaban J connectivity index is 2.21. The first kappa shape index (κ1) is 24.3. The first-order chi connectivity index (χ1) is 15.0. The predicted octanol–water partition coefficient (Wildman–Crippen LogP) is 4.11. The summed E-state index contributed by atoms with van der Waals surface area (Å²) in [6, 6.07) is 14.5. The van der Waals surface area contributed by atoms with Crippen LogP contribution in [0.4, 0.5) is 0 Å². The van der Waals surface area contributed by atoms with E-state index in [1.165, 1.54) is 0 Å². The number of aryl methyl sites for hydroxylation is 1. The molecule has 0 aliphatic carbocycles. The number of para-hydroxylation sites is 2. The molecule has 0 aliphatic rings. The van der Waals surface area contributed by atoms with Gasteiger partial charge in [-0.3, -0.25) is 9.59 Å². The number of rotatable bonds is 12. The fourth-order valence-electron chi connectivity index (χ4n) is 3.36. The maximum absolute atomic E-state index is 13.2. The Labute approximate surface area is 185 Å². The molecule has 0 fully saturated rings. The van der Waals surface area contributed by atoms with Crippen LogP contribution in [0.1, 0.15) is 44.2 Å². The lowest BCUT2D eigenvalue weighted by Crippen LogP contribution is -2.50. The van der Waals surface area contributed by atoms with Gasteiger partial charge in [0.1, 0.15) is 6.04 Å². The van der Waals surface area contributed by atoms with E-state index >= 15 is 0 Å². The van der Waals surface area contributed by atoms with Crippen molar-refractivity contribution < 1.29 is 19.1 Å². The van der Waals surface area contributed by atoms with Crippen molar-refractivity contribution in [1.29, 1.82) is 0 Å². The number of benzene rings is 2. The van der Waals surface area contributed by atoms with E-state index in [4.69, 9.17) is 9.47 Å². The number of carbonyl (C=O) groups is 2. The number of unbranched alkanes of at least 4 members (excludes halogenated alkanes) is 1. The van der Waals surface area contributed by atoms with Crippen LogP contribution in [0.2, 0.25) is 0 Å². The molecule has 2 amide bonds. The summed E-state index contributed by atoms with van der Waals surface area (Å²) in [4.78, 5) is 27.7. The maximum Gasteiger partial charge on any atom is 0.261 e. The third-order valence-electron chi connectivity index (χ3n) is 5.24. The third kappa shape index (κ3) is 7.02. The Morgan fingerprint density at radius 3 is 2.35 bits per heavy atom. The molecule has 1 N–H and O–H groups in total. The number of ether oxygens (including phenoxy) is 2. The highest BCUT2D eigenvalue weighted by Crippen LogP contribution is 2.26. The van der Waals surface area contributed by atoms with Gasteiger partial charge in [0.05, 0.1) is 7.11 Å². The minimum Gasteiger partial charge on any atom is -0.493 e. The molecule has 0 heterocycles. The smallest absolute Gasteiger partial charge is 0.261 e. The van der Waals surface area contributed by atoms with Crippen molar-refractivity contribution in [2.24, 2.45) is 0 Å². The highest BCUT2D eigenvalue weighted by Gasteiger charge is 2.29. The summed E-state index contributed by atoms with van der Waals surface area (Å²) in [6.07, 6.45) is 2.42. The largest absolute Gasteiger partial charge is 0.493 e. The van der Waals surface area contributed by atoms with Gasteiger partial charge in [-0.05, 0) is 43.0 Å². The van der Waals surface area contributed by atoms with Crippen LogP contribution in [0.3, 0.4) is 0 Å². The Bertz CT molecular complexity index is 853. The molecular formula is C25H34N2O4. The first-order valence-corrected chi connectivity index (χ1v) is 10.9. The maximum atomic E-state index is 13.2. The van der Waals surface area contributed by atoms with Gasteiger partial charge in [-0.1, -0.05) is 56.7 Å². The van der Waals surface area contributed by atoms with Crippen LogP contribution in [-0.2, 0) is 16.1 Å². The van der Waals surface area contributed by atoms with Crippen LogP contribution >= 0.6 is 0 Å². The molecular weight excluding hydrogens is 392 g/mol. The molecule has 1 atom stereocenters. The first-order valence-electron chi connectivity index (χ1n) is 10.9. The van der Waals surface area contributed by atoms with Crippen LogP contribution in [-0.4, -0.2) is 43.0 Å². The number of methoxy groups -OCH3 is 1. The van der Waals surface area contributed by atoms with E-state index in [0.717, 1.165) is 24.0 Å². The van der Waals surface area contributed by atoms with Crippen LogP contribution in [0, 0.1) is 6.92 Å². The molecule has 31 heavy (non-hydrogen) atoms. The lowest BCUT2D eigenvalue weighted by molar-refractivity contribution is -0.143. The van der Waals surface area contributed by atoms with Crippen LogP contribution in [0.5, 0.6) is 11.5 Å². The molecule has 0 saturated heterocycles. The molecule has 2 aromatic carbocycles. The summed E-state index contributed by atoms with van der Waals surface area (Å²) in [5.41, 5.74) is 2.08. The number of amides is 2. The fraction of sp³-hybridized carbons (Fsp3) is 0.440. The molecule has 0 spiro atoms. The molecule has 0 radical (unpaired) electrons. The molecule has 0 unspecified atom stereocenters. The summed E-state index contributed by atoms with van der Waals surface area (Å²) in [5, 5.41) is 2.97. The van der Waals surface area contributed by atoms with Gasteiger partial charge in [0, 0.05) is 13.1 Å². The molecule has 0 bridgehead atoms. The van der Waals surface area contributed by atoms with Gasteiger partial charge in [0.25, 0.3) is 5.91 Å². The number of hydrogen-bond donors (Lipinski definition) is 1.